The third-order valence-corrected chi connectivity index (χ3v) is 4.08. The Balaban J connectivity index is 1.74. The molecule has 2 atom stereocenters. The van der Waals surface area contributed by atoms with Crippen molar-refractivity contribution >= 4 is 5.91 Å². The normalized spacial score (nSPS) is 27.1. The van der Waals surface area contributed by atoms with E-state index in [0.29, 0.717) is 11.8 Å². The van der Waals surface area contributed by atoms with Gasteiger partial charge in [-0.15, -0.1) is 0 Å². The molecule has 1 aromatic rings. The van der Waals surface area contributed by atoms with Crippen LogP contribution in [0.3, 0.4) is 0 Å². The minimum atomic E-state index is 0.201. The highest BCUT2D eigenvalue weighted by molar-refractivity contribution is 5.94. The monoisotopic (exact) mass is 244 g/mol. The SMILES string of the molecule is Cc1ccc(C(=O)N2C[C@@H]3CNC[C@@H](C3)C2)cc1. The van der Waals surface area contributed by atoms with Crippen LogP contribution in [-0.2, 0) is 0 Å². The molecule has 0 saturated carbocycles. The van der Waals surface area contributed by atoms with Crippen LogP contribution in [0.4, 0.5) is 0 Å². The quantitative estimate of drug-likeness (QED) is 0.815. The van der Waals surface area contributed by atoms with Crippen LogP contribution in [0, 0.1) is 18.8 Å². The molecule has 18 heavy (non-hydrogen) atoms. The summed E-state index contributed by atoms with van der Waals surface area (Å²) in [7, 11) is 0. The lowest BCUT2D eigenvalue weighted by molar-refractivity contribution is 0.0538. The van der Waals surface area contributed by atoms with E-state index in [1.807, 2.05) is 36.1 Å². The number of nitrogens with zero attached hydrogens (tertiary/aromatic N) is 1. The average molecular weight is 244 g/mol. The number of piperidine rings is 2. The molecule has 0 aliphatic carbocycles. The highest BCUT2D eigenvalue weighted by Gasteiger charge is 2.32. The van der Waals surface area contributed by atoms with Crippen LogP contribution in [0.25, 0.3) is 0 Å². The second kappa shape index (κ2) is 4.73. The van der Waals surface area contributed by atoms with E-state index < -0.39 is 0 Å². The van der Waals surface area contributed by atoms with E-state index in [2.05, 4.69) is 5.32 Å². The maximum Gasteiger partial charge on any atom is 0.253 e. The van der Waals surface area contributed by atoms with E-state index in [1.165, 1.54) is 12.0 Å². The van der Waals surface area contributed by atoms with Crippen molar-refractivity contribution in [3.63, 3.8) is 0 Å². The Kier molecular flexibility index (Phi) is 3.08. The van der Waals surface area contributed by atoms with Gasteiger partial charge in [0.2, 0.25) is 0 Å². The van der Waals surface area contributed by atoms with E-state index in [-0.39, 0.29) is 5.91 Å². The zero-order valence-electron chi connectivity index (χ0n) is 10.9. The van der Waals surface area contributed by atoms with Gasteiger partial charge in [0.15, 0.2) is 0 Å². The number of hydrogen-bond donors (Lipinski definition) is 1. The highest BCUT2D eigenvalue weighted by atomic mass is 16.2. The van der Waals surface area contributed by atoms with Crippen LogP contribution in [0.5, 0.6) is 0 Å². The fourth-order valence-corrected chi connectivity index (χ4v) is 3.15. The third kappa shape index (κ3) is 2.27. The maximum atomic E-state index is 12.4. The number of carbonyl (C=O) groups is 1. The highest BCUT2D eigenvalue weighted by Crippen LogP contribution is 2.25. The van der Waals surface area contributed by atoms with Crippen molar-refractivity contribution in [3.05, 3.63) is 35.4 Å². The number of nitrogens with one attached hydrogen (secondary N) is 1. The van der Waals surface area contributed by atoms with E-state index in [4.69, 9.17) is 0 Å². The lowest BCUT2D eigenvalue weighted by Gasteiger charge is -2.41. The summed E-state index contributed by atoms with van der Waals surface area (Å²) in [6.07, 6.45) is 1.28. The van der Waals surface area contributed by atoms with Crippen molar-refractivity contribution < 1.29 is 4.79 Å². The number of hydrogen-bond acceptors (Lipinski definition) is 2. The molecule has 2 heterocycles. The van der Waals surface area contributed by atoms with Gasteiger partial charge in [0.05, 0.1) is 0 Å². The summed E-state index contributed by atoms with van der Waals surface area (Å²) in [6, 6.07) is 7.92. The van der Waals surface area contributed by atoms with Crippen LogP contribution >= 0.6 is 0 Å². The largest absolute Gasteiger partial charge is 0.338 e. The Morgan fingerprint density at radius 3 is 2.39 bits per heavy atom. The van der Waals surface area contributed by atoms with Crippen LogP contribution in [-0.4, -0.2) is 37.0 Å². The molecule has 0 spiro atoms. The van der Waals surface area contributed by atoms with Gasteiger partial charge in [-0.1, -0.05) is 17.7 Å². The molecular weight excluding hydrogens is 224 g/mol. The summed E-state index contributed by atoms with van der Waals surface area (Å²) in [5.74, 6) is 1.49. The lowest BCUT2D eigenvalue weighted by atomic mass is 9.85. The van der Waals surface area contributed by atoms with E-state index in [9.17, 15) is 4.79 Å². The number of rotatable bonds is 1. The molecule has 2 aliphatic heterocycles. The fourth-order valence-electron chi connectivity index (χ4n) is 3.15. The fraction of sp³-hybridized carbons (Fsp3) is 0.533. The van der Waals surface area contributed by atoms with Crippen molar-refractivity contribution in [2.45, 2.75) is 13.3 Å². The minimum Gasteiger partial charge on any atom is -0.338 e. The first-order valence-corrected chi connectivity index (χ1v) is 6.79. The molecule has 2 bridgehead atoms. The van der Waals surface area contributed by atoms with Crippen molar-refractivity contribution in [1.82, 2.24) is 10.2 Å². The summed E-state index contributed by atoms with van der Waals surface area (Å²) in [6.45, 7) is 6.00. The van der Waals surface area contributed by atoms with Crippen LogP contribution in [0.2, 0.25) is 0 Å². The number of fused-ring (bicyclic) bond motifs is 2. The number of likely N-dealkylation sites (tertiary alicyclic amines) is 1. The van der Waals surface area contributed by atoms with Gasteiger partial charge in [-0.2, -0.15) is 0 Å². The molecule has 2 fully saturated rings. The Labute approximate surface area is 108 Å². The van der Waals surface area contributed by atoms with Gasteiger partial charge in [-0.05, 0) is 50.4 Å². The van der Waals surface area contributed by atoms with E-state index >= 15 is 0 Å². The summed E-state index contributed by atoms with van der Waals surface area (Å²) in [5.41, 5.74) is 2.03. The molecular formula is C15H20N2O. The van der Waals surface area contributed by atoms with Gasteiger partial charge in [0, 0.05) is 18.7 Å². The molecule has 3 nitrogen and oxygen atoms in total. The first-order valence-electron chi connectivity index (χ1n) is 6.79. The molecule has 0 aromatic heterocycles. The standard InChI is InChI=1S/C15H20N2O/c1-11-2-4-14(5-3-11)15(18)17-9-12-6-13(10-17)8-16-7-12/h2-5,12-13,16H,6-10H2,1H3/t12-,13+. The zero-order chi connectivity index (χ0) is 12.5. The zero-order valence-corrected chi connectivity index (χ0v) is 10.9. The van der Waals surface area contributed by atoms with E-state index in [1.54, 1.807) is 0 Å². The molecule has 2 aliphatic rings. The summed E-state index contributed by atoms with van der Waals surface area (Å²) in [4.78, 5) is 14.5. The predicted molar refractivity (Wildman–Crippen MR) is 71.5 cm³/mol. The van der Waals surface area contributed by atoms with Gasteiger partial charge in [-0.25, -0.2) is 0 Å². The van der Waals surface area contributed by atoms with Crippen LogP contribution < -0.4 is 5.32 Å². The number of amides is 1. The van der Waals surface area contributed by atoms with Crippen molar-refractivity contribution in [2.24, 2.45) is 11.8 Å². The molecule has 2 saturated heterocycles. The van der Waals surface area contributed by atoms with E-state index in [0.717, 1.165) is 31.7 Å². The van der Waals surface area contributed by atoms with Gasteiger partial charge >= 0.3 is 0 Å². The van der Waals surface area contributed by atoms with Crippen molar-refractivity contribution in [1.29, 1.82) is 0 Å². The molecule has 96 valence electrons. The molecule has 0 unspecified atom stereocenters. The third-order valence-electron chi connectivity index (χ3n) is 4.08. The van der Waals surface area contributed by atoms with Crippen LogP contribution in [0.1, 0.15) is 22.3 Å². The first-order chi connectivity index (χ1) is 8.72. The maximum absolute atomic E-state index is 12.4. The van der Waals surface area contributed by atoms with Gasteiger partial charge in [0.1, 0.15) is 0 Å². The van der Waals surface area contributed by atoms with Gasteiger partial charge in [-0.3, -0.25) is 4.79 Å². The topological polar surface area (TPSA) is 32.3 Å². The second-order valence-corrected chi connectivity index (χ2v) is 5.70. The first kappa shape index (κ1) is 11.7. The Morgan fingerprint density at radius 1 is 1.17 bits per heavy atom. The summed E-state index contributed by atoms with van der Waals surface area (Å²) < 4.78 is 0. The second-order valence-electron chi connectivity index (χ2n) is 5.70. The predicted octanol–water partition coefficient (Wildman–Crippen LogP) is 1.68. The smallest absolute Gasteiger partial charge is 0.253 e. The molecule has 1 N–H and O–H groups in total. The molecule has 1 amide bonds. The van der Waals surface area contributed by atoms with Crippen molar-refractivity contribution in [2.75, 3.05) is 26.2 Å². The minimum absolute atomic E-state index is 0.201. The molecule has 3 heteroatoms. The summed E-state index contributed by atoms with van der Waals surface area (Å²) in [5, 5.41) is 3.46. The summed E-state index contributed by atoms with van der Waals surface area (Å²) >= 11 is 0. The number of carbonyl (C=O) groups excluding carboxylic acids is 1. The average Bonchev–Trinajstić information content (AvgIpc) is 2.38. The Hall–Kier alpha value is -1.35. The van der Waals surface area contributed by atoms with Gasteiger partial charge in [0.25, 0.3) is 5.91 Å². The Morgan fingerprint density at radius 2 is 1.78 bits per heavy atom. The molecule has 3 rings (SSSR count). The lowest BCUT2D eigenvalue weighted by Crippen LogP contribution is -2.52. The number of benzene rings is 1. The molecule has 0 radical (unpaired) electrons. The number of aryl methyl sites for hydroxylation is 1. The van der Waals surface area contributed by atoms with Gasteiger partial charge < -0.3 is 10.2 Å². The van der Waals surface area contributed by atoms with Crippen LogP contribution in [0.15, 0.2) is 24.3 Å². The Bertz CT molecular complexity index is 428. The molecule has 1 aromatic carbocycles. The van der Waals surface area contributed by atoms with Crippen molar-refractivity contribution in [3.8, 4) is 0 Å².